The van der Waals surface area contributed by atoms with Crippen LogP contribution in [0.25, 0.3) is 6.08 Å². The van der Waals surface area contributed by atoms with Crippen molar-refractivity contribution in [3.05, 3.63) is 35.4 Å². The van der Waals surface area contributed by atoms with Gasteiger partial charge in [0, 0.05) is 17.4 Å². The van der Waals surface area contributed by atoms with E-state index in [0.717, 1.165) is 29.6 Å². The summed E-state index contributed by atoms with van der Waals surface area (Å²) in [6.45, 7) is 2.15. The van der Waals surface area contributed by atoms with E-state index >= 15 is 0 Å². The summed E-state index contributed by atoms with van der Waals surface area (Å²) in [5, 5.41) is 8.65. The zero-order chi connectivity index (χ0) is 13.4. The summed E-state index contributed by atoms with van der Waals surface area (Å²) in [5.41, 5.74) is 1.98. The molecule has 0 aliphatic carbocycles. The van der Waals surface area contributed by atoms with Gasteiger partial charge in [-0.15, -0.1) is 0 Å². The third-order valence-corrected chi connectivity index (χ3v) is 3.55. The predicted octanol–water partition coefficient (Wildman–Crippen LogP) is 3.44. The predicted molar refractivity (Wildman–Crippen MR) is 76.1 cm³/mol. The normalized spacial score (nSPS) is 10.8. The van der Waals surface area contributed by atoms with Crippen LogP contribution in [0.1, 0.15) is 24.5 Å². The van der Waals surface area contributed by atoms with Crippen LogP contribution in [0.4, 0.5) is 0 Å². The van der Waals surface area contributed by atoms with Crippen molar-refractivity contribution in [1.82, 2.24) is 0 Å². The molecule has 0 saturated carbocycles. The minimum atomic E-state index is -0.956. The van der Waals surface area contributed by atoms with E-state index in [4.69, 9.17) is 9.84 Å². The maximum atomic E-state index is 10.5. The molecule has 98 valence electrons. The Morgan fingerprint density at radius 3 is 2.89 bits per heavy atom. The number of hydrogen-bond donors (Lipinski definition) is 1. The molecule has 0 aliphatic rings. The molecule has 0 aromatic heterocycles. The highest BCUT2D eigenvalue weighted by molar-refractivity contribution is 7.98. The molecule has 1 N–H and O–H groups in total. The summed E-state index contributed by atoms with van der Waals surface area (Å²) < 4.78 is 5.21. The Hall–Kier alpha value is -1.42. The maximum absolute atomic E-state index is 10.5. The lowest BCUT2D eigenvalue weighted by Crippen LogP contribution is -1.91. The smallest absolute Gasteiger partial charge is 0.328 e. The molecule has 18 heavy (non-hydrogen) atoms. The molecule has 4 heteroatoms. The quantitative estimate of drug-likeness (QED) is 0.606. The number of hydrogen-bond acceptors (Lipinski definition) is 3. The van der Waals surface area contributed by atoms with Crippen molar-refractivity contribution >= 4 is 23.8 Å². The zero-order valence-electron chi connectivity index (χ0n) is 10.7. The third kappa shape index (κ3) is 4.84. The Balaban J connectivity index is 2.84. The molecular formula is C14H18O3S. The van der Waals surface area contributed by atoms with Crippen molar-refractivity contribution in [2.75, 3.05) is 12.9 Å². The van der Waals surface area contributed by atoms with Crippen LogP contribution in [-0.2, 0) is 10.5 Å². The van der Waals surface area contributed by atoms with Crippen LogP contribution in [-0.4, -0.2) is 23.9 Å². The lowest BCUT2D eigenvalue weighted by atomic mass is 10.1. The molecule has 0 amide bonds. The van der Waals surface area contributed by atoms with Gasteiger partial charge in [0.1, 0.15) is 5.75 Å². The third-order valence-electron chi connectivity index (χ3n) is 2.32. The molecule has 0 spiro atoms. The molecule has 0 bridgehead atoms. The molecular weight excluding hydrogens is 248 g/mol. The van der Waals surface area contributed by atoms with Crippen LogP contribution >= 0.6 is 11.8 Å². The first-order valence-corrected chi connectivity index (χ1v) is 6.98. The van der Waals surface area contributed by atoms with Gasteiger partial charge in [-0.25, -0.2) is 4.79 Å². The molecule has 0 fully saturated rings. The second kappa shape index (κ2) is 7.82. The fourth-order valence-electron chi connectivity index (χ4n) is 1.50. The molecule has 1 rings (SSSR count). The van der Waals surface area contributed by atoms with E-state index in [1.165, 1.54) is 5.56 Å². The molecule has 0 saturated heterocycles. The zero-order valence-corrected chi connectivity index (χ0v) is 11.5. The van der Waals surface area contributed by atoms with Crippen LogP contribution in [0.15, 0.2) is 24.3 Å². The van der Waals surface area contributed by atoms with Crippen LogP contribution in [0.2, 0.25) is 0 Å². The van der Waals surface area contributed by atoms with Crippen molar-refractivity contribution in [3.8, 4) is 5.75 Å². The standard InChI is InChI=1S/C14H18O3S/c1-3-8-18-10-11-4-6-13(17-2)12(9-11)5-7-14(15)16/h4-7,9H,3,8,10H2,1-2H3,(H,15,16)/b7-5+. The van der Waals surface area contributed by atoms with E-state index in [1.807, 2.05) is 30.0 Å². The first-order valence-electron chi connectivity index (χ1n) is 5.83. The van der Waals surface area contributed by atoms with Gasteiger partial charge < -0.3 is 9.84 Å². The van der Waals surface area contributed by atoms with Gasteiger partial charge in [0.15, 0.2) is 0 Å². The number of carboxylic acids is 1. The number of benzene rings is 1. The molecule has 0 atom stereocenters. The molecule has 1 aromatic carbocycles. The van der Waals surface area contributed by atoms with Gasteiger partial charge >= 0.3 is 5.97 Å². The minimum absolute atomic E-state index is 0.691. The highest BCUT2D eigenvalue weighted by Gasteiger charge is 2.02. The van der Waals surface area contributed by atoms with E-state index < -0.39 is 5.97 Å². The Morgan fingerprint density at radius 1 is 1.50 bits per heavy atom. The Bertz CT molecular complexity index is 427. The fraction of sp³-hybridized carbons (Fsp3) is 0.357. The van der Waals surface area contributed by atoms with Crippen molar-refractivity contribution in [1.29, 1.82) is 0 Å². The first-order chi connectivity index (χ1) is 8.67. The van der Waals surface area contributed by atoms with E-state index in [2.05, 4.69) is 6.92 Å². The number of rotatable bonds is 7. The second-order valence-electron chi connectivity index (χ2n) is 3.80. The number of methoxy groups -OCH3 is 1. The van der Waals surface area contributed by atoms with Gasteiger partial charge in [0.05, 0.1) is 7.11 Å². The average molecular weight is 266 g/mol. The number of carbonyl (C=O) groups is 1. The summed E-state index contributed by atoms with van der Waals surface area (Å²) in [5.74, 6) is 1.80. The average Bonchev–Trinajstić information content (AvgIpc) is 2.37. The highest BCUT2D eigenvalue weighted by atomic mass is 32.2. The summed E-state index contributed by atoms with van der Waals surface area (Å²) >= 11 is 1.87. The Morgan fingerprint density at radius 2 is 2.28 bits per heavy atom. The lowest BCUT2D eigenvalue weighted by Gasteiger charge is -2.07. The van der Waals surface area contributed by atoms with Gasteiger partial charge in [-0.1, -0.05) is 13.0 Å². The fourth-order valence-corrected chi connectivity index (χ4v) is 2.35. The van der Waals surface area contributed by atoms with Gasteiger partial charge in [0.25, 0.3) is 0 Å². The number of aliphatic carboxylic acids is 1. The highest BCUT2D eigenvalue weighted by Crippen LogP contribution is 2.23. The van der Waals surface area contributed by atoms with E-state index in [1.54, 1.807) is 13.2 Å². The Labute approximate surface area is 112 Å². The van der Waals surface area contributed by atoms with E-state index in [9.17, 15) is 4.79 Å². The van der Waals surface area contributed by atoms with E-state index in [-0.39, 0.29) is 0 Å². The number of carboxylic acid groups (broad SMARTS) is 1. The topological polar surface area (TPSA) is 46.5 Å². The summed E-state index contributed by atoms with van der Waals surface area (Å²) in [4.78, 5) is 10.5. The molecule has 0 heterocycles. The lowest BCUT2D eigenvalue weighted by molar-refractivity contribution is -0.131. The van der Waals surface area contributed by atoms with Crippen LogP contribution in [0, 0.1) is 0 Å². The molecule has 3 nitrogen and oxygen atoms in total. The largest absolute Gasteiger partial charge is 0.496 e. The first kappa shape index (κ1) is 14.6. The second-order valence-corrected chi connectivity index (χ2v) is 4.91. The molecule has 0 aliphatic heterocycles. The molecule has 1 aromatic rings. The SMILES string of the molecule is CCCSCc1ccc(OC)c(/C=C/C(=O)O)c1. The van der Waals surface area contributed by atoms with Crippen molar-refractivity contribution < 1.29 is 14.6 Å². The van der Waals surface area contributed by atoms with Crippen LogP contribution in [0.5, 0.6) is 5.75 Å². The van der Waals surface area contributed by atoms with Gasteiger partial charge in [-0.2, -0.15) is 11.8 Å². The maximum Gasteiger partial charge on any atom is 0.328 e. The van der Waals surface area contributed by atoms with Gasteiger partial charge in [-0.3, -0.25) is 0 Å². The summed E-state index contributed by atoms with van der Waals surface area (Å²) in [6, 6.07) is 5.86. The monoisotopic (exact) mass is 266 g/mol. The minimum Gasteiger partial charge on any atom is -0.496 e. The van der Waals surface area contributed by atoms with Gasteiger partial charge in [0.2, 0.25) is 0 Å². The number of ether oxygens (including phenoxy) is 1. The molecule has 0 unspecified atom stereocenters. The number of thioether (sulfide) groups is 1. The Kier molecular flexibility index (Phi) is 6.36. The summed E-state index contributed by atoms with van der Waals surface area (Å²) in [6.07, 6.45) is 3.85. The van der Waals surface area contributed by atoms with Crippen LogP contribution < -0.4 is 4.74 Å². The summed E-state index contributed by atoms with van der Waals surface area (Å²) in [7, 11) is 1.58. The van der Waals surface area contributed by atoms with Crippen molar-refractivity contribution in [2.45, 2.75) is 19.1 Å². The molecule has 0 radical (unpaired) electrons. The van der Waals surface area contributed by atoms with Crippen LogP contribution in [0.3, 0.4) is 0 Å². The van der Waals surface area contributed by atoms with E-state index in [0.29, 0.717) is 5.75 Å². The van der Waals surface area contributed by atoms with Crippen molar-refractivity contribution in [3.63, 3.8) is 0 Å². The van der Waals surface area contributed by atoms with Crippen molar-refractivity contribution in [2.24, 2.45) is 0 Å². The van der Waals surface area contributed by atoms with Gasteiger partial charge in [-0.05, 0) is 35.9 Å².